The summed E-state index contributed by atoms with van der Waals surface area (Å²) in [5.74, 6) is -0.753. The molecule has 3 atom stereocenters. The molecule has 1 aliphatic carbocycles. The molecule has 7 heteroatoms. The van der Waals surface area contributed by atoms with Crippen molar-refractivity contribution in [3.05, 3.63) is 52.2 Å². The van der Waals surface area contributed by atoms with Crippen LogP contribution >= 0.6 is 11.3 Å². The lowest BCUT2D eigenvalue weighted by molar-refractivity contribution is -0.127. The van der Waals surface area contributed by atoms with Crippen molar-refractivity contribution in [2.45, 2.75) is 37.8 Å². The fraction of sp³-hybridized carbons (Fsp3) is 0.350. The number of nitrogens with one attached hydrogen (secondary N) is 2. The third kappa shape index (κ3) is 4.66. The lowest BCUT2D eigenvalue weighted by Gasteiger charge is -2.31. The minimum absolute atomic E-state index is 0.0424. The summed E-state index contributed by atoms with van der Waals surface area (Å²) in [7, 11) is 0. The quantitative estimate of drug-likeness (QED) is 0.738. The molecule has 2 amide bonds. The first-order valence-electron chi connectivity index (χ1n) is 8.92. The number of thiophene rings is 1. The third-order valence-corrected chi connectivity index (χ3v) is 5.65. The number of hydrogen-bond acceptors (Lipinski definition) is 5. The van der Waals surface area contributed by atoms with Gasteiger partial charge in [0, 0.05) is 6.04 Å². The molecule has 1 aromatic carbocycles. The van der Waals surface area contributed by atoms with Gasteiger partial charge in [0.2, 0.25) is 5.91 Å². The fourth-order valence-corrected chi connectivity index (χ4v) is 4.04. The van der Waals surface area contributed by atoms with Crippen LogP contribution in [0.15, 0.2) is 41.8 Å². The molecule has 1 aromatic heterocycles. The summed E-state index contributed by atoms with van der Waals surface area (Å²) >= 11 is 1.36. The average molecular weight is 383 g/mol. The normalized spacial score (nSPS) is 20.3. The second-order valence-electron chi connectivity index (χ2n) is 6.61. The van der Waals surface area contributed by atoms with Crippen molar-refractivity contribution in [1.82, 2.24) is 10.6 Å². The van der Waals surface area contributed by atoms with E-state index < -0.39 is 6.04 Å². The second kappa shape index (κ2) is 8.69. The maximum Gasteiger partial charge on any atom is 0.261 e. The van der Waals surface area contributed by atoms with Crippen LogP contribution in [0.25, 0.3) is 0 Å². The van der Waals surface area contributed by atoms with Crippen molar-refractivity contribution >= 4 is 23.2 Å². The molecular formula is C20H21N3O3S. The Hall–Kier alpha value is -2.85. The summed E-state index contributed by atoms with van der Waals surface area (Å²) < 4.78 is 0. The lowest BCUT2D eigenvalue weighted by atomic mass is 9.83. The number of aromatic hydroxyl groups is 1. The monoisotopic (exact) mass is 383 g/mol. The molecule has 1 heterocycles. The summed E-state index contributed by atoms with van der Waals surface area (Å²) in [4.78, 5) is 25.8. The van der Waals surface area contributed by atoms with Gasteiger partial charge in [-0.1, -0.05) is 31.0 Å². The van der Waals surface area contributed by atoms with Crippen LogP contribution in [-0.2, 0) is 4.79 Å². The van der Waals surface area contributed by atoms with Gasteiger partial charge in [0.25, 0.3) is 5.91 Å². The first-order chi connectivity index (χ1) is 13.1. The molecule has 0 spiro atoms. The van der Waals surface area contributed by atoms with E-state index >= 15 is 0 Å². The van der Waals surface area contributed by atoms with Gasteiger partial charge in [-0.15, -0.1) is 11.3 Å². The largest absolute Gasteiger partial charge is 0.508 e. The maximum atomic E-state index is 12.8. The first kappa shape index (κ1) is 18.9. The maximum absolute atomic E-state index is 12.8. The van der Waals surface area contributed by atoms with Crippen molar-refractivity contribution < 1.29 is 14.7 Å². The number of carbonyl (C=O) groups excluding carboxylic acids is 2. The molecule has 1 saturated carbocycles. The van der Waals surface area contributed by atoms with E-state index in [1.54, 1.807) is 18.2 Å². The molecule has 1 aliphatic rings. The van der Waals surface area contributed by atoms with E-state index in [0.717, 1.165) is 19.3 Å². The molecule has 140 valence electrons. The summed E-state index contributed by atoms with van der Waals surface area (Å²) in [6.45, 7) is 0. The van der Waals surface area contributed by atoms with Gasteiger partial charge in [0.1, 0.15) is 11.8 Å². The zero-order valence-electron chi connectivity index (χ0n) is 14.7. The topological polar surface area (TPSA) is 102 Å². The summed E-state index contributed by atoms with van der Waals surface area (Å²) in [5.41, 5.74) is 0.529. The van der Waals surface area contributed by atoms with Gasteiger partial charge in [0.15, 0.2) is 0 Å². The molecule has 1 unspecified atom stereocenters. The van der Waals surface area contributed by atoms with Crippen molar-refractivity contribution in [1.29, 1.82) is 5.26 Å². The molecule has 0 radical (unpaired) electrons. The van der Waals surface area contributed by atoms with E-state index in [9.17, 15) is 20.0 Å². The van der Waals surface area contributed by atoms with Gasteiger partial charge in [-0.05, 0) is 42.0 Å². The van der Waals surface area contributed by atoms with Gasteiger partial charge < -0.3 is 15.7 Å². The Labute approximate surface area is 161 Å². The zero-order chi connectivity index (χ0) is 19.2. The number of nitriles is 1. The van der Waals surface area contributed by atoms with Crippen LogP contribution in [0.2, 0.25) is 0 Å². The van der Waals surface area contributed by atoms with Gasteiger partial charge in [-0.3, -0.25) is 9.59 Å². The fourth-order valence-electron chi connectivity index (χ4n) is 3.41. The number of hydrogen-bond donors (Lipinski definition) is 3. The first-order valence-corrected chi connectivity index (χ1v) is 9.79. The van der Waals surface area contributed by atoms with Crippen LogP contribution in [0.5, 0.6) is 5.75 Å². The Morgan fingerprint density at radius 3 is 2.74 bits per heavy atom. The molecule has 3 rings (SSSR count). The number of benzene rings is 1. The Morgan fingerprint density at radius 2 is 2.04 bits per heavy atom. The Kier molecular flexibility index (Phi) is 6.09. The van der Waals surface area contributed by atoms with E-state index in [0.29, 0.717) is 16.9 Å². The molecule has 27 heavy (non-hydrogen) atoms. The number of nitrogens with zero attached hydrogens (tertiary/aromatic N) is 1. The molecule has 0 saturated heterocycles. The number of carbonyl (C=O) groups is 2. The summed E-state index contributed by atoms with van der Waals surface area (Å²) in [6.07, 6.45) is 3.26. The molecule has 3 N–H and O–H groups in total. The van der Waals surface area contributed by atoms with E-state index in [1.807, 2.05) is 11.4 Å². The molecule has 1 fully saturated rings. The van der Waals surface area contributed by atoms with Crippen LogP contribution in [0.4, 0.5) is 0 Å². The van der Waals surface area contributed by atoms with Crippen molar-refractivity contribution in [3.63, 3.8) is 0 Å². The number of phenolic OH excluding ortho intramolecular Hbond substituents is 1. The number of phenols is 1. The standard InChI is InChI=1S/C20H21N3O3S/c21-12-17(13-5-3-6-14(24)11-13)23-19(25)15-7-1-2-8-16(15)22-20(26)18-9-4-10-27-18/h3-6,9-11,15-17,24H,1-2,7-8H2,(H,22,26)(H,23,25)/t15-,16-,17?/m1/s1. The summed E-state index contributed by atoms with van der Waals surface area (Å²) in [6, 6.07) is 10.8. The smallest absolute Gasteiger partial charge is 0.261 e. The van der Waals surface area contributed by atoms with Crippen molar-refractivity contribution in [3.8, 4) is 11.8 Å². The number of amides is 2. The average Bonchev–Trinajstić information content (AvgIpc) is 3.21. The predicted octanol–water partition coefficient (Wildman–Crippen LogP) is 3.12. The molecular weight excluding hydrogens is 362 g/mol. The van der Waals surface area contributed by atoms with Crippen LogP contribution in [0.1, 0.15) is 47.0 Å². The van der Waals surface area contributed by atoms with Crippen molar-refractivity contribution in [2.24, 2.45) is 5.92 Å². The van der Waals surface area contributed by atoms with E-state index in [2.05, 4.69) is 16.7 Å². The predicted molar refractivity (Wildman–Crippen MR) is 102 cm³/mol. The number of rotatable bonds is 5. The van der Waals surface area contributed by atoms with E-state index in [1.165, 1.54) is 23.5 Å². The van der Waals surface area contributed by atoms with Gasteiger partial charge in [-0.2, -0.15) is 5.26 Å². The highest BCUT2D eigenvalue weighted by atomic mass is 32.1. The van der Waals surface area contributed by atoms with Crippen LogP contribution in [0.3, 0.4) is 0 Å². The minimum Gasteiger partial charge on any atom is -0.508 e. The molecule has 0 aliphatic heterocycles. The second-order valence-corrected chi connectivity index (χ2v) is 7.56. The Morgan fingerprint density at radius 1 is 1.22 bits per heavy atom. The highest BCUT2D eigenvalue weighted by molar-refractivity contribution is 7.12. The Bertz CT molecular complexity index is 844. The van der Waals surface area contributed by atoms with Gasteiger partial charge in [0.05, 0.1) is 16.9 Å². The van der Waals surface area contributed by atoms with Crippen molar-refractivity contribution in [2.75, 3.05) is 0 Å². The lowest BCUT2D eigenvalue weighted by Crippen LogP contribution is -2.48. The highest BCUT2D eigenvalue weighted by Gasteiger charge is 2.33. The Balaban J connectivity index is 1.69. The molecule has 0 bridgehead atoms. The van der Waals surface area contributed by atoms with E-state index in [-0.39, 0.29) is 29.5 Å². The molecule has 6 nitrogen and oxygen atoms in total. The SMILES string of the molecule is N#CC(NC(=O)[C@@H]1CCCC[C@H]1NC(=O)c1cccs1)c1cccc(O)c1. The summed E-state index contributed by atoms with van der Waals surface area (Å²) in [5, 5.41) is 26.6. The molecule has 2 aromatic rings. The van der Waals surface area contributed by atoms with E-state index in [4.69, 9.17) is 0 Å². The highest BCUT2D eigenvalue weighted by Crippen LogP contribution is 2.27. The van der Waals surface area contributed by atoms with Crippen LogP contribution in [0, 0.1) is 17.2 Å². The van der Waals surface area contributed by atoms with Crippen LogP contribution in [-0.4, -0.2) is 23.0 Å². The third-order valence-electron chi connectivity index (χ3n) is 4.78. The minimum atomic E-state index is -0.847. The van der Waals surface area contributed by atoms with Gasteiger partial charge in [-0.25, -0.2) is 0 Å². The van der Waals surface area contributed by atoms with Crippen LogP contribution < -0.4 is 10.6 Å². The van der Waals surface area contributed by atoms with Gasteiger partial charge >= 0.3 is 0 Å². The zero-order valence-corrected chi connectivity index (χ0v) is 15.5.